The van der Waals surface area contributed by atoms with E-state index in [0.717, 1.165) is 24.8 Å². The molecule has 3 fully saturated rings. The molecule has 0 saturated heterocycles. The maximum atomic E-state index is 13.0. The first kappa shape index (κ1) is 14.6. The van der Waals surface area contributed by atoms with E-state index in [1.165, 1.54) is 7.11 Å². The van der Waals surface area contributed by atoms with Crippen LogP contribution in [-0.2, 0) is 24.5 Å². The van der Waals surface area contributed by atoms with Crippen molar-refractivity contribution in [2.75, 3.05) is 7.11 Å². The van der Waals surface area contributed by atoms with E-state index in [-0.39, 0.29) is 23.5 Å². The highest BCUT2D eigenvalue weighted by Crippen LogP contribution is 2.67. The molecular formula is C19H20O4. The molecule has 0 spiro atoms. The standard InChI is InChI=1S/C19H20O4/c1-23-18(22)16(20)12-7-9-15-13-8-10-14(12)19(15,17(13)21)11-5-3-2-4-6-11/h2-6,12-15H,7-10H2,1H3. The summed E-state index contributed by atoms with van der Waals surface area (Å²) in [6.45, 7) is 0. The number of hydrogen-bond acceptors (Lipinski definition) is 4. The fourth-order valence-corrected chi connectivity index (χ4v) is 5.63. The highest BCUT2D eigenvalue weighted by molar-refractivity contribution is 6.34. The summed E-state index contributed by atoms with van der Waals surface area (Å²) in [5.41, 5.74) is 0.481. The molecule has 4 rings (SSSR count). The van der Waals surface area contributed by atoms with Crippen LogP contribution in [0.4, 0.5) is 0 Å². The molecule has 0 aliphatic heterocycles. The monoisotopic (exact) mass is 312 g/mol. The van der Waals surface area contributed by atoms with Crippen LogP contribution >= 0.6 is 0 Å². The van der Waals surface area contributed by atoms with E-state index < -0.39 is 17.2 Å². The molecule has 0 aromatic heterocycles. The zero-order valence-corrected chi connectivity index (χ0v) is 13.2. The minimum Gasteiger partial charge on any atom is -0.463 e. The average molecular weight is 312 g/mol. The van der Waals surface area contributed by atoms with Gasteiger partial charge in [-0.25, -0.2) is 4.79 Å². The Morgan fingerprint density at radius 1 is 1.04 bits per heavy atom. The van der Waals surface area contributed by atoms with E-state index >= 15 is 0 Å². The van der Waals surface area contributed by atoms with Crippen LogP contribution in [0.5, 0.6) is 0 Å². The maximum Gasteiger partial charge on any atom is 0.374 e. The van der Waals surface area contributed by atoms with E-state index in [2.05, 4.69) is 4.74 Å². The number of carbonyl (C=O) groups is 3. The van der Waals surface area contributed by atoms with Gasteiger partial charge in [0.15, 0.2) is 0 Å². The first-order valence-corrected chi connectivity index (χ1v) is 8.34. The van der Waals surface area contributed by atoms with Crippen molar-refractivity contribution in [1.29, 1.82) is 0 Å². The molecule has 3 aliphatic rings. The fraction of sp³-hybridized carbons (Fsp3) is 0.526. The molecule has 5 atom stereocenters. The predicted octanol–water partition coefficient (Wildman–Crippen LogP) is 2.30. The predicted molar refractivity (Wildman–Crippen MR) is 82.6 cm³/mol. The lowest BCUT2D eigenvalue weighted by atomic mass is 9.35. The molecule has 0 amide bonds. The lowest BCUT2D eigenvalue weighted by Crippen LogP contribution is -2.71. The SMILES string of the molecule is COC(=O)C(=O)C1CCC2C3CCC1C2(c1ccccc1)C3=O. The van der Waals surface area contributed by atoms with Gasteiger partial charge in [0.05, 0.1) is 12.5 Å². The Morgan fingerprint density at radius 3 is 2.43 bits per heavy atom. The molecule has 0 N–H and O–H groups in total. The molecule has 0 heterocycles. The van der Waals surface area contributed by atoms with Crippen LogP contribution in [0.2, 0.25) is 0 Å². The fourth-order valence-electron chi connectivity index (χ4n) is 5.63. The first-order chi connectivity index (χ1) is 11.1. The highest BCUT2D eigenvalue weighted by atomic mass is 16.5. The molecule has 5 unspecified atom stereocenters. The molecule has 4 heteroatoms. The van der Waals surface area contributed by atoms with E-state index in [0.29, 0.717) is 12.3 Å². The number of rotatable bonds is 3. The first-order valence-electron chi connectivity index (χ1n) is 8.34. The van der Waals surface area contributed by atoms with E-state index in [1.807, 2.05) is 30.3 Å². The second-order valence-electron chi connectivity index (χ2n) is 7.04. The second kappa shape index (κ2) is 5.02. The van der Waals surface area contributed by atoms with Crippen molar-refractivity contribution in [3.05, 3.63) is 35.9 Å². The minimum atomic E-state index is -0.773. The van der Waals surface area contributed by atoms with Crippen molar-refractivity contribution in [2.45, 2.75) is 31.1 Å². The van der Waals surface area contributed by atoms with Gasteiger partial charge in [-0.3, -0.25) is 9.59 Å². The van der Waals surface area contributed by atoms with Gasteiger partial charge in [-0.2, -0.15) is 0 Å². The number of carbonyl (C=O) groups excluding carboxylic acids is 3. The van der Waals surface area contributed by atoms with Gasteiger partial charge in [0.2, 0.25) is 5.78 Å². The molecule has 4 nitrogen and oxygen atoms in total. The molecule has 120 valence electrons. The van der Waals surface area contributed by atoms with Crippen LogP contribution in [0.15, 0.2) is 30.3 Å². The number of Topliss-reactive ketones (excluding diaryl/α,β-unsaturated/α-hetero) is 2. The average Bonchev–Trinajstić information content (AvgIpc) is 2.60. The van der Waals surface area contributed by atoms with Crippen molar-refractivity contribution < 1.29 is 19.1 Å². The van der Waals surface area contributed by atoms with Crippen LogP contribution in [0.3, 0.4) is 0 Å². The van der Waals surface area contributed by atoms with Gasteiger partial charge in [-0.05, 0) is 43.1 Å². The van der Waals surface area contributed by atoms with E-state index in [9.17, 15) is 14.4 Å². The van der Waals surface area contributed by atoms with E-state index in [1.54, 1.807) is 0 Å². The summed E-state index contributed by atoms with van der Waals surface area (Å²) in [5.74, 6) is -0.905. The third kappa shape index (κ3) is 1.69. The summed E-state index contributed by atoms with van der Waals surface area (Å²) in [7, 11) is 1.24. The molecular weight excluding hydrogens is 292 g/mol. The van der Waals surface area contributed by atoms with Gasteiger partial charge in [-0.15, -0.1) is 0 Å². The van der Waals surface area contributed by atoms with Crippen LogP contribution < -0.4 is 0 Å². The number of ketones is 2. The molecule has 3 aliphatic carbocycles. The summed E-state index contributed by atoms with van der Waals surface area (Å²) in [6, 6.07) is 9.85. The van der Waals surface area contributed by atoms with E-state index in [4.69, 9.17) is 0 Å². The number of methoxy groups -OCH3 is 1. The minimum absolute atomic E-state index is 0.0623. The Bertz CT molecular complexity index is 680. The Hall–Kier alpha value is -1.97. The normalized spacial score (nSPS) is 37.7. The topological polar surface area (TPSA) is 60.4 Å². The summed E-state index contributed by atoms with van der Waals surface area (Å²) in [4.78, 5) is 37.2. The lowest BCUT2D eigenvalue weighted by molar-refractivity contribution is -0.177. The molecule has 3 saturated carbocycles. The number of hydrogen-bond donors (Lipinski definition) is 0. The van der Waals surface area contributed by atoms with Crippen molar-refractivity contribution in [3.8, 4) is 0 Å². The largest absolute Gasteiger partial charge is 0.463 e. The van der Waals surface area contributed by atoms with Gasteiger partial charge in [0.1, 0.15) is 5.78 Å². The summed E-state index contributed by atoms with van der Waals surface area (Å²) >= 11 is 0. The summed E-state index contributed by atoms with van der Waals surface area (Å²) in [6.07, 6.45) is 3.24. The maximum absolute atomic E-state index is 13.0. The van der Waals surface area contributed by atoms with Gasteiger partial charge >= 0.3 is 5.97 Å². The van der Waals surface area contributed by atoms with Gasteiger partial charge in [0, 0.05) is 11.8 Å². The highest BCUT2D eigenvalue weighted by Gasteiger charge is 2.71. The van der Waals surface area contributed by atoms with Gasteiger partial charge in [0.25, 0.3) is 0 Å². The van der Waals surface area contributed by atoms with Crippen LogP contribution in [0.1, 0.15) is 31.2 Å². The van der Waals surface area contributed by atoms with Crippen molar-refractivity contribution in [1.82, 2.24) is 0 Å². The lowest BCUT2D eigenvalue weighted by Gasteiger charge is -2.65. The van der Waals surface area contributed by atoms with Crippen LogP contribution in [0.25, 0.3) is 0 Å². The molecule has 4 bridgehead atoms. The number of esters is 1. The molecule has 23 heavy (non-hydrogen) atoms. The third-order valence-electron chi connectivity index (χ3n) is 6.44. The Morgan fingerprint density at radius 2 is 1.74 bits per heavy atom. The van der Waals surface area contributed by atoms with Crippen molar-refractivity contribution >= 4 is 17.5 Å². The summed E-state index contributed by atoms with van der Waals surface area (Å²) in [5, 5.41) is 0. The zero-order chi connectivity index (χ0) is 16.2. The quantitative estimate of drug-likeness (QED) is 0.635. The number of ether oxygens (including phenoxy) is 1. The van der Waals surface area contributed by atoms with Crippen molar-refractivity contribution in [3.63, 3.8) is 0 Å². The number of benzene rings is 1. The Kier molecular flexibility index (Phi) is 3.19. The zero-order valence-electron chi connectivity index (χ0n) is 13.2. The Labute approximate surface area is 135 Å². The molecule has 1 aromatic rings. The second-order valence-corrected chi connectivity index (χ2v) is 7.04. The van der Waals surface area contributed by atoms with Crippen LogP contribution in [0, 0.1) is 23.7 Å². The van der Waals surface area contributed by atoms with Gasteiger partial charge < -0.3 is 4.74 Å². The summed E-state index contributed by atoms with van der Waals surface area (Å²) < 4.78 is 4.64. The third-order valence-corrected chi connectivity index (χ3v) is 6.44. The van der Waals surface area contributed by atoms with Crippen molar-refractivity contribution in [2.24, 2.45) is 23.7 Å². The molecule has 0 radical (unpaired) electrons. The Balaban J connectivity index is 1.79. The van der Waals surface area contributed by atoms with Crippen LogP contribution in [-0.4, -0.2) is 24.6 Å². The molecule has 1 aromatic carbocycles. The smallest absolute Gasteiger partial charge is 0.374 e. The van der Waals surface area contributed by atoms with Gasteiger partial charge in [-0.1, -0.05) is 30.3 Å².